The Bertz CT molecular complexity index is 303. The van der Waals surface area contributed by atoms with Crippen LogP contribution in [0.25, 0.3) is 6.08 Å². The number of allylic oxidation sites excluding steroid dienone is 1. The van der Waals surface area contributed by atoms with Crippen molar-refractivity contribution >= 4 is 6.08 Å². The molecule has 1 saturated heterocycles. The normalized spacial score (nSPS) is 17.4. The Labute approximate surface area is 85.8 Å². The molecule has 1 N–H and O–H groups in total. The van der Waals surface area contributed by atoms with Crippen LogP contribution in [0.2, 0.25) is 0 Å². The Kier molecular flexibility index (Phi) is 3.36. The van der Waals surface area contributed by atoms with E-state index in [2.05, 4.69) is 41.7 Å². The first-order valence-electron chi connectivity index (χ1n) is 5.42. The summed E-state index contributed by atoms with van der Waals surface area (Å²) in [6, 6.07) is 8.49. The Morgan fingerprint density at radius 2 is 1.79 bits per heavy atom. The van der Waals surface area contributed by atoms with Gasteiger partial charge >= 0.3 is 0 Å². The molecular weight excluding hydrogens is 170 g/mol. The van der Waals surface area contributed by atoms with E-state index in [0.717, 1.165) is 6.42 Å². The molecule has 1 aliphatic heterocycles. The number of benzene rings is 1. The quantitative estimate of drug-likeness (QED) is 0.658. The average Bonchev–Trinajstić information content (AvgIpc) is 2.92. The maximum Gasteiger partial charge on any atom is -0.00484 e. The van der Waals surface area contributed by atoms with E-state index in [1.165, 1.54) is 37.1 Å². The van der Waals surface area contributed by atoms with Gasteiger partial charge < -0.3 is 5.32 Å². The van der Waals surface area contributed by atoms with Gasteiger partial charge in [-0.3, -0.25) is 0 Å². The predicted molar refractivity (Wildman–Crippen MR) is 61.3 cm³/mol. The zero-order chi connectivity index (χ0) is 9.64. The molecule has 14 heavy (non-hydrogen) atoms. The van der Waals surface area contributed by atoms with Crippen LogP contribution in [0.4, 0.5) is 0 Å². The smallest absolute Gasteiger partial charge is 0.00484 e. The van der Waals surface area contributed by atoms with Crippen molar-refractivity contribution in [1.82, 2.24) is 5.32 Å². The summed E-state index contributed by atoms with van der Waals surface area (Å²) in [6.07, 6.45) is 8.27. The van der Waals surface area contributed by atoms with E-state index in [9.17, 15) is 0 Å². The number of rotatable bonds is 0. The minimum Gasteiger partial charge on any atom is -0.317 e. The minimum absolute atomic E-state index is 1.12. The first-order chi connectivity index (χ1) is 6.97. The Balaban J connectivity index is 0.000000128. The largest absolute Gasteiger partial charge is 0.317 e. The van der Waals surface area contributed by atoms with Crippen molar-refractivity contribution in [3.8, 4) is 0 Å². The Morgan fingerprint density at radius 1 is 1.00 bits per heavy atom. The second kappa shape index (κ2) is 4.97. The number of nitrogens with one attached hydrogen (secondary N) is 1. The fraction of sp³-hybridized carbons (Fsp3) is 0.385. The van der Waals surface area contributed by atoms with Crippen LogP contribution in [-0.4, -0.2) is 13.1 Å². The minimum atomic E-state index is 1.12. The first kappa shape index (κ1) is 9.47. The van der Waals surface area contributed by atoms with Crippen molar-refractivity contribution in [1.29, 1.82) is 0 Å². The van der Waals surface area contributed by atoms with Crippen molar-refractivity contribution in [3.05, 3.63) is 41.5 Å². The molecule has 0 saturated carbocycles. The van der Waals surface area contributed by atoms with E-state index in [4.69, 9.17) is 0 Å². The summed E-state index contributed by atoms with van der Waals surface area (Å²) in [4.78, 5) is 0. The van der Waals surface area contributed by atoms with E-state index < -0.39 is 0 Å². The van der Waals surface area contributed by atoms with Crippen LogP contribution >= 0.6 is 0 Å². The van der Waals surface area contributed by atoms with E-state index in [1.54, 1.807) is 0 Å². The van der Waals surface area contributed by atoms with Gasteiger partial charge in [-0.2, -0.15) is 0 Å². The van der Waals surface area contributed by atoms with Gasteiger partial charge in [-0.05, 0) is 43.5 Å². The predicted octanol–water partition coefficient (Wildman–Crippen LogP) is 2.63. The van der Waals surface area contributed by atoms with E-state index in [0.29, 0.717) is 0 Å². The molecule has 1 heterocycles. The van der Waals surface area contributed by atoms with Crippen LogP contribution < -0.4 is 5.32 Å². The number of hydrogen-bond donors (Lipinski definition) is 1. The third-order valence-electron chi connectivity index (χ3n) is 2.65. The van der Waals surface area contributed by atoms with Gasteiger partial charge in [-0.1, -0.05) is 36.4 Å². The summed E-state index contributed by atoms with van der Waals surface area (Å²) in [5.41, 5.74) is 2.84. The summed E-state index contributed by atoms with van der Waals surface area (Å²) in [6.45, 7) is 2.50. The van der Waals surface area contributed by atoms with Gasteiger partial charge in [0, 0.05) is 0 Å². The summed E-state index contributed by atoms with van der Waals surface area (Å²) in [5.74, 6) is 0. The van der Waals surface area contributed by atoms with E-state index in [-0.39, 0.29) is 0 Å². The van der Waals surface area contributed by atoms with Gasteiger partial charge in [0.1, 0.15) is 0 Å². The van der Waals surface area contributed by atoms with Crippen LogP contribution in [0.3, 0.4) is 0 Å². The van der Waals surface area contributed by atoms with Crippen LogP contribution in [0.15, 0.2) is 30.3 Å². The fourth-order valence-corrected chi connectivity index (χ4v) is 1.82. The highest BCUT2D eigenvalue weighted by Gasteiger charge is 2.00. The average molecular weight is 187 g/mol. The molecule has 3 rings (SSSR count). The third kappa shape index (κ3) is 2.46. The number of fused-ring (bicyclic) bond motifs is 1. The Hall–Kier alpha value is -1.08. The lowest BCUT2D eigenvalue weighted by atomic mass is 10.1. The molecule has 74 valence electrons. The standard InChI is InChI=1S/C9H8.C4H9N/c1-2-5-9-7-3-6-8(9)4-1;1-2-4-5-3-1/h1-6H,7H2;5H,1-4H2. The van der Waals surface area contributed by atoms with Crippen LogP contribution in [0.1, 0.15) is 24.0 Å². The third-order valence-corrected chi connectivity index (χ3v) is 2.65. The summed E-state index contributed by atoms with van der Waals surface area (Å²) < 4.78 is 0. The highest BCUT2D eigenvalue weighted by Crippen LogP contribution is 2.17. The fourth-order valence-electron chi connectivity index (χ4n) is 1.82. The van der Waals surface area contributed by atoms with Crippen LogP contribution in [-0.2, 0) is 6.42 Å². The van der Waals surface area contributed by atoms with Gasteiger partial charge in [0.2, 0.25) is 0 Å². The van der Waals surface area contributed by atoms with Gasteiger partial charge in [-0.15, -0.1) is 0 Å². The van der Waals surface area contributed by atoms with E-state index in [1.807, 2.05) is 0 Å². The molecule has 1 fully saturated rings. The molecule has 1 aromatic rings. The zero-order valence-corrected chi connectivity index (χ0v) is 8.50. The summed E-state index contributed by atoms with van der Waals surface area (Å²) >= 11 is 0. The second-order valence-corrected chi connectivity index (χ2v) is 3.76. The van der Waals surface area contributed by atoms with Crippen LogP contribution in [0.5, 0.6) is 0 Å². The maximum absolute atomic E-state index is 3.22. The van der Waals surface area contributed by atoms with Crippen molar-refractivity contribution in [3.63, 3.8) is 0 Å². The van der Waals surface area contributed by atoms with Gasteiger partial charge in [-0.25, -0.2) is 0 Å². The van der Waals surface area contributed by atoms with Crippen molar-refractivity contribution in [2.45, 2.75) is 19.3 Å². The molecule has 0 radical (unpaired) electrons. The molecule has 1 aliphatic carbocycles. The van der Waals surface area contributed by atoms with Gasteiger partial charge in [0.05, 0.1) is 0 Å². The summed E-state index contributed by atoms with van der Waals surface area (Å²) in [5, 5.41) is 3.22. The van der Waals surface area contributed by atoms with Crippen molar-refractivity contribution < 1.29 is 0 Å². The van der Waals surface area contributed by atoms with E-state index >= 15 is 0 Å². The summed E-state index contributed by atoms with van der Waals surface area (Å²) in [7, 11) is 0. The lowest BCUT2D eigenvalue weighted by Gasteiger charge is -1.93. The lowest BCUT2D eigenvalue weighted by molar-refractivity contribution is 0.857. The highest BCUT2D eigenvalue weighted by atomic mass is 14.9. The molecule has 0 aromatic heterocycles. The van der Waals surface area contributed by atoms with Crippen LogP contribution in [0, 0.1) is 0 Å². The molecule has 1 nitrogen and oxygen atoms in total. The molecule has 0 bridgehead atoms. The van der Waals surface area contributed by atoms with Gasteiger partial charge in [0.25, 0.3) is 0 Å². The topological polar surface area (TPSA) is 12.0 Å². The molecule has 0 spiro atoms. The van der Waals surface area contributed by atoms with Crippen molar-refractivity contribution in [2.75, 3.05) is 13.1 Å². The molecule has 1 heteroatoms. The lowest BCUT2D eigenvalue weighted by Crippen LogP contribution is -2.03. The second-order valence-electron chi connectivity index (χ2n) is 3.76. The molecule has 0 atom stereocenters. The monoisotopic (exact) mass is 187 g/mol. The zero-order valence-electron chi connectivity index (χ0n) is 8.50. The maximum atomic E-state index is 3.22. The Morgan fingerprint density at radius 3 is 2.43 bits per heavy atom. The number of hydrogen-bond acceptors (Lipinski definition) is 1. The molecule has 2 aliphatic rings. The molecule has 1 aromatic carbocycles. The molecule has 0 amide bonds. The molecular formula is C13H17N. The van der Waals surface area contributed by atoms with Gasteiger partial charge in [0.15, 0.2) is 0 Å². The molecule has 0 unspecified atom stereocenters. The SMILES string of the molecule is C1=Cc2ccccc2C1.C1CCNC1. The highest BCUT2D eigenvalue weighted by molar-refractivity contribution is 5.59. The van der Waals surface area contributed by atoms with Crippen molar-refractivity contribution in [2.24, 2.45) is 0 Å². The first-order valence-corrected chi connectivity index (χ1v) is 5.42.